The zero-order chi connectivity index (χ0) is 14.7. The minimum Gasteiger partial charge on any atom is -0.433 e. The maximum atomic E-state index is 12.3. The van der Waals surface area contributed by atoms with Gasteiger partial charge < -0.3 is 4.74 Å². The summed E-state index contributed by atoms with van der Waals surface area (Å²) in [5.41, 5.74) is 2.45. The standard InChI is InChI=1S/C13H10Cl2F2N2O/c1-7-10(5-14)19-11(6-18-7)8-2-3-9(15)12(4-8)20-13(16)17/h2-4,6,13H,5H2,1H3. The highest BCUT2D eigenvalue weighted by molar-refractivity contribution is 6.32. The highest BCUT2D eigenvalue weighted by atomic mass is 35.5. The van der Waals surface area contributed by atoms with Gasteiger partial charge in [0.05, 0.1) is 34.2 Å². The van der Waals surface area contributed by atoms with Crippen molar-refractivity contribution >= 4 is 23.2 Å². The Balaban J connectivity index is 2.42. The van der Waals surface area contributed by atoms with Crippen molar-refractivity contribution in [3.05, 3.63) is 40.8 Å². The molecule has 0 saturated carbocycles. The maximum Gasteiger partial charge on any atom is 0.387 e. The van der Waals surface area contributed by atoms with Crippen molar-refractivity contribution < 1.29 is 13.5 Å². The maximum absolute atomic E-state index is 12.3. The molecule has 7 heteroatoms. The van der Waals surface area contributed by atoms with Gasteiger partial charge in [0.1, 0.15) is 5.75 Å². The van der Waals surface area contributed by atoms with Crippen LogP contribution in [0.15, 0.2) is 24.4 Å². The lowest BCUT2D eigenvalue weighted by atomic mass is 10.1. The van der Waals surface area contributed by atoms with E-state index in [-0.39, 0.29) is 16.7 Å². The number of benzene rings is 1. The molecule has 106 valence electrons. The lowest BCUT2D eigenvalue weighted by Gasteiger charge is -2.09. The number of rotatable bonds is 4. The molecule has 2 rings (SSSR count). The van der Waals surface area contributed by atoms with E-state index >= 15 is 0 Å². The second-order valence-electron chi connectivity index (χ2n) is 3.94. The third kappa shape index (κ3) is 3.35. The molecular weight excluding hydrogens is 309 g/mol. The Morgan fingerprint density at radius 3 is 2.75 bits per heavy atom. The number of hydrogen-bond acceptors (Lipinski definition) is 3. The van der Waals surface area contributed by atoms with Crippen LogP contribution in [0, 0.1) is 6.92 Å². The predicted octanol–water partition coefficient (Wildman–Crippen LogP) is 4.45. The van der Waals surface area contributed by atoms with Crippen molar-refractivity contribution in [1.82, 2.24) is 9.97 Å². The molecule has 0 aliphatic heterocycles. The van der Waals surface area contributed by atoms with Crippen LogP contribution in [0.5, 0.6) is 5.75 Å². The molecule has 0 aliphatic rings. The van der Waals surface area contributed by atoms with Crippen LogP contribution < -0.4 is 4.74 Å². The summed E-state index contributed by atoms with van der Waals surface area (Å²) in [6, 6.07) is 4.51. The molecular formula is C13H10Cl2F2N2O. The molecule has 0 spiro atoms. The van der Waals surface area contributed by atoms with Crippen LogP contribution in [0.1, 0.15) is 11.4 Å². The first-order valence-electron chi connectivity index (χ1n) is 5.64. The number of alkyl halides is 3. The van der Waals surface area contributed by atoms with Crippen molar-refractivity contribution in [3.63, 3.8) is 0 Å². The van der Waals surface area contributed by atoms with Gasteiger partial charge in [0.2, 0.25) is 0 Å². The fraction of sp³-hybridized carbons (Fsp3) is 0.231. The van der Waals surface area contributed by atoms with Crippen LogP contribution in [0.2, 0.25) is 5.02 Å². The third-order valence-corrected chi connectivity index (χ3v) is 3.19. The molecule has 2 aromatic rings. The summed E-state index contributed by atoms with van der Waals surface area (Å²) < 4.78 is 28.9. The molecule has 0 atom stereocenters. The summed E-state index contributed by atoms with van der Waals surface area (Å²) >= 11 is 11.6. The Kier molecular flexibility index (Phi) is 4.73. The monoisotopic (exact) mass is 318 g/mol. The highest BCUT2D eigenvalue weighted by Crippen LogP contribution is 2.31. The van der Waals surface area contributed by atoms with Gasteiger partial charge in [-0.25, -0.2) is 4.98 Å². The minimum atomic E-state index is -2.94. The molecule has 0 saturated heterocycles. The molecule has 1 aromatic carbocycles. The van der Waals surface area contributed by atoms with Crippen molar-refractivity contribution in [2.75, 3.05) is 0 Å². The SMILES string of the molecule is Cc1ncc(-c2ccc(Cl)c(OC(F)F)c2)nc1CCl. The van der Waals surface area contributed by atoms with E-state index in [0.29, 0.717) is 17.0 Å². The highest BCUT2D eigenvalue weighted by Gasteiger charge is 2.12. The Hall–Kier alpha value is -1.46. The van der Waals surface area contributed by atoms with Crippen LogP contribution in [0.25, 0.3) is 11.3 Å². The number of halogens is 4. The Bertz CT molecular complexity index is 623. The van der Waals surface area contributed by atoms with Crippen LogP contribution in [0.3, 0.4) is 0 Å². The lowest BCUT2D eigenvalue weighted by molar-refractivity contribution is -0.0497. The molecule has 0 unspecified atom stereocenters. The minimum absolute atomic E-state index is 0.103. The normalized spacial score (nSPS) is 10.9. The van der Waals surface area contributed by atoms with Gasteiger partial charge in [-0.05, 0) is 19.1 Å². The number of nitrogens with zero attached hydrogens (tertiary/aromatic N) is 2. The summed E-state index contributed by atoms with van der Waals surface area (Å²) in [5.74, 6) is 0.120. The number of ether oxygens (including phenoxy) is 1. The Labute approximate surface area is 124 Å². The first kappa shape index (κ1) is 14.9. The van der Waals surface area contributed by atoms with Crippen LogP contribution in [0.4, 0.5) is 8.78 Å². The molecule has 20 heavy (non-hydrogen) atoms. The quantitative estimate of drug-likeness (QED) is 0.781. The second kappa shape index (κ2) is 6.33. The summed E-state index contributed by atoms with van der Waals surface area (Å²) in [5, 5.41) is 0.103. The molecule has 0 fully saturated rings. The van der Waals surface area contributed by atoms with Crippen molar-refractivity contribution in [2.45, 2.75) is 19.4 Å². The van der Waals surface area contributed by atoms with Crippen LogP contribution in [-0.2, 0) is 5.88 Å². The van der Waals surface area contributed by atoms with Gasteiger partial charge in [0, 0.05) is 5.56 Å². The van der Waals surface area contributed by atoms with Crippen LogP contribution >= 0.6 is 23.2 Å². The molecule has 0 N–H and O–H groups in total. The number of aromatic nitrogens is 2. The van der Waals surface area contributed by atoms with Gasteiger partial charge in [0.15, 0.2) is 0 Å². The molecule has 0 radical (unpaired) electrons. The largest absolute Gasteiger partial charge is 0.433 e. The van der Waals surface area contributed by atoms with E-state index in [1.54, 1.807) is 19.2 Å². The smallest absolute Gasteiger partial charge is 0.387 e. The molecule has 0 aliphatic carbocycles. The third-order valence-electron chi connectivity index (χ3n) is 2.62. The van der Waals surface area contributed by atoms with E-state index in [1.165, 1.54) is 12.1 Å². The van der Waals surface area contributed by atoms with Crippen molar-refractivity contribution in [3.8, 4) is 17.0 Å². The van der Waals surface area contributed by atoms with Crippen molar-refractivity contribution in [2.24, 2.45) is 0 Å². The Morgan fingerprint density at radius 1 is 1.35 bits per heavy atom. The molecule has 3 nitrogen and oxygen atoms in total. The Morgan fingerprint density at radius 2 is 2.10 bits per heavy atom. The zero-order valence-corrected chi connectivity index (χ0v) is 11.9. The van der Waals surface area contributed by atoms with E-state index in [9.17, 15) is 8.78 Å². The predicted molar refractivity (Wildman–Crippen MR) is 73.4 cm³/mol. The average Bonchev–Trinajstić information content (AvgIpc) is 2.41. The van der Waals surface area contributed by atoms with E-state index < -0.39 is 6.61 Å². The lowest BCUT2D eigenvalue weighted by Crippen LogP contribution is -2.03. The van der Waals surface area contributed by atoms with Gasteiger partial charge in [-0.15, -0.1) is 11.6 Å². The van der Waals surface area contributed by atoms with E-state index in [0.717, 1.165) is 5.69 Å². The molecule has 1 aromatic heterocycles. The number of aryl methyl sites for hydroxylation is 1. The summed E-state index contributed by atoms with van der Waals surface area (Å²) in [6.07, 6.45) is 1.54. The molecule has 1 heterocycles. The van der Waals surface area contributed by atoms with E-state index in [2.05, 4.69) is 14.7 Å². The first-order valence-corrected chi connectivity index (χ1v) is 6.55. The van der Waals surface area contributed by atoms with Gasteiger partial charge >= 0.3 is 6.61 Å². The van der Waals surface area contributed by atoms with Gasteiger partial charge in [-0.1, -0.05) is 17.7 Å². The zero-order valence-electron chi connectivity index (χ0n) is 10.4. The second-order valence-corrected chi connectivity index (χ2v) is 4.62. The van der Waals surface area contributed by atoms with Crippen LogP contribution in [-0.4, -0.2) is 16.6 Å². The van der Waals surface area contributed by atoms with Crippen molar-refractivity contribution in [1.29, 1.82) is 0 Å². The molecule has 0 bridgehead atoms. The molecule has 0 amide bonds. The van der Waals surface area contributed by atoms with E-state index in [4.69, 9.17) is 23.2 Å². The fourth-order valence-corrected chi connectivity index (χ4v) is 2.02. The summed E-state index contributed by atoms with van der Waals surface area (Å²) in [4.78, 5) is 8.50. The van der Waals surface area contributed by atoms with E-state index in [1.807, 2.05) is 0 Å². The van der Waals surface area contributed by atoms with Gasteiger partial charge in [-0.3, -0.25) is 4.98 Å². The topological polar surface area (TPSA) is 35.0 Å². The average molecular weight is 319 g/mol. The van der Waals surface area contributed by atoms with Gasteiger partial charge in [0.25, 0.3) is 0 Å². The fourth-order valence-electron chi connectivity index (χ4n) is 1.60. The summed E-state index contributed by atoms with van der Waals surface area (Å²) in [6.45, 7) is -1.15. The summed E-state index contributed by atoms with van der Waals surface area (Å²) in [7, 11) is 0. The van der Waals surface area contributed by atoms with Gasteiger partial charge in [-0.2, -0.15) is 8.78 Å². The number of hydrogen-bond donors (Lipinski definition) is 0. The first-order chi connectivity index (χ1) is 9.51.